The van der Waals surface area contributed by atoms with Gasteiger partial charge in [0.1, 0.15) is 17.6 Å². The highest BCUT2D eigenvalue weighted by Crippen LogP contribution is 2.39. The Morgan fingerprint density at radius 3 is 2.29 bits per heavy atom. The summed E-state index contributed by atoms with van der Waals surface area (Å²) in [4.78, 5) is 11.6. The zero-order valence-corrected chi connectivity index (χ0v) is 18.7. The van der Waals surface area contributed by atoms with Crippen molar-refractivity contribution >= 4 is 40.2 Å². The van der Waals surface area contributed by atoms with E-state index in [-0.39, 0.29) is 34.0 Å². The molecule has 0 aliphatic carbocycles. The zero-order chi connectivity index (χ0) is 25.0. The number of anilines is 2. The van der Waals surface area contributed by atoms with Crippen LogP contribution in [0, 0.1) is 11.3 Å². The van der Waals surface area contributed by atoms with Gasteiger partial charge < -0.3 is 14.0 Å². The molecule has 0 bridgehead atoms. The minimum absolute atomic E-state index is 0.0511. The van der Waals surface area contributed by atoms with Crippen LogP contribution in [-0.4, -0.2) is 21.8 Å². The molecule has 3 rings (SSSR count). The summed E-state index contributed by atoms with van der Waals surface area (Å²) >= 11 is 2.79. The predicted molar refractivity (Wildman–Crippen MR) is 117 cm³/mol. The smallest absolute Gasteiger partial charge is 0.417 e. The number of benzene rings is 3. The van der Waals surface area contributed by atoms with E-state index in [1.54, 1.807) is 0 Å². The maximum atomic E-state index is 13.1. The molecule has 3 aromatic rings. The highest BCUT2D eigenvalue weighted by Gasteiger charge is 2.33. The Bertz CT molecular complexity index is 1290. The Morgan fingerprint density at radius 1 is 1.09 bits per heavy atom. The molecule has 0 aliphatic rings. The fourth-order valence-electron chi connectivity index (χ4n) is 2.90. The summed E-state index contributed by atoms with van der Waals surface area (Å²) in [7, 11) is 1.20. The lowest BCUT2D eigenvalue weighted by Gasteiger charge is -2.27. The summed E-state index contributed by atoms with van der Waals surface area (Å²) in [5, 5.41) is 9.00. The van der Waals surface area contributed by atoms with Crippen LogP contribution in [0.25, 0.3) is 0 Å². The van der Waals surface area contributed by atoms with Gasteiger partial charge in [-0.1, -0.05) is 11.6 Å². The summed E-state index contributed by atoms with van der Waals surface area (Å²) in [5.41, 5.74) is -0.834. The van der Waals surface area contributed by atoms with E-state index in [9.17, 15) is 32.0 Å². The van der Waals surface area contributed by atoms with Gasteiger partial charge in [-0.2, -0.15) is 18.4 Å². The van der Waals surface area contributed by atoms with Crippen LogP contribution in [0.3, 0.4) is 0 Å². The number of alkyl halides is 3. The first-order valence-corrected chi connectivity index (χ1v) is 10.6. The Balaban J connectivity index is 1.95. The van der Waals surface area contributed by atoms with Gasteiger partial charge in [0.05, 0.1) is 51.5 Å². The Labute approximate surface area is 199 Å². The molecule has 3 aromatic carbocycles. The van der Waals surface area contributed by atoms with E-state index in [1.165, 1.54) is 55.6 Å². The fourth-order valence-corrected chi connectivity index (χ4v) is 3.71. The van der Waals surface area contributed by atoms with E-state index in [1.807, 2.05) is 6.07 Å². The van der Waals surface area contributed by atoms with Crippen molar-refractivity contribution in [3.8, 4) is 17.6 Å². The largest absolute Gasteiger partial charge is 0.755 e. The van der Waals surface area contributed by atoms with Gasteiger partial charge in [-0.15, -0.1) is 0 Å². The highest BCUT2D eigenvalue weighted by molar-refractivity contribution is 7.81. The molecule has 176 valence electrons. The molecule has 34 heavy (non-hydrogen) atoms. The van der Waals surface area contributed by atoms with Crippen molar-refractivity contribution in [2.75, 3.05) is 11.4 Å². The first-order valence-electron chi connectivity index (χ1n) is 9.21. The molecule has 0 aromatic heterocycles. The van der Waals surface area contributed by atoms with Gasteiger partial charge in [0.25, 0.3) is 0 Å². The Morgan fingerprint density at radius 2 is 1.74 bits per heavy atom. The molecule has 0 aliphatic heterocycles. The number of carbonyl (C=O) groups is 1. The Hall–Kier alpha value is -3.59. The van der Waals surface area contributed by atoms with Crippen LogP contribution in [0.4, 0.5) is 24.5 Å². The number of hydrogen-bond acceptors (Lipinski definition) is 6. The average Bonchev–Trinajstić information content (AvgIpc) is 2.80. The highest BCUT2D eigenvalue weighted by atomic mass is 35.5. The number of hydrogen-bond donors (Lipinski definition) is 0. The standard InChI is InChI=1S/C22H14ClF3N2O5S/c1-32-21(29)13-2-4-15(5-3-13)28(34(30)31)16-6-9-20(14(10-16)12-27)33-17-7-8-19(23)18(11-17)22(24,25)26/h2-11H,1H3,(H,30,31)/p-1. The summed E-state index contributed by atoms with van der Waals surface area (Å²) in [6, 6.07) is 13.9. The Kier molecular flexibility index (Phi) is 7.46. The van der Waals surface area contributed by atoms with Crippen LogP contribution in [0.1, 0.15) is 21.5 Å². The molecular formula is C22H13ClF3N2O5S-. The van der Waals surface area contributed by atoms with Crippen LogP contribution in [0.2, 0.25) is 5.02 Å². The lowest BCUT2D eigenvalue weighted by molar-refractivity contribution is -0.137. The van der Waals surface area contributed by atoms with Gasteiger partial charge in [0.15, 0.2) is 0 Å². The number of nitrogens with zero attached hydrogens (tertiary/aromatic N) is 2. The molecule has 0 spiro atoms. The lowest BCUT2D eigenvalue weighted by atomic mass is 10.1. The van der Waals surface area contributed by atoms with Gasteiger partial charge in [0, 0.05) is 0 Å². The lowest BCUT2D eigenvalue weighted by Crippen LogP contribution is -2.19. The van der Waals surface area contributed by atoms with Crippen molar-refractivity contribution in [2.45, 2.75) is 6.18 Å². The van der Waals surface area contributed by atoms with Crippen LogP contribution < -0.4 is 9.04 Å². The van der Waals surface area contributed by atoms with Gasteiger partial charge in [-0.05, 0) is 60.7 Å². The molecule has 0 saturated carbocycles. The SMILES string of the molecule is COC(=O)c1ccc(N(c2ccc(Oc3ccc(Cl)c(C(F)(F)F)c3)c(C#N)c2)S(=O)[O-])cc1. The molecule has 12 heteroatoms. The second-order valence-electron chi connectivity index (χ2n) is 6.58. The summed E-state index contributed by atoms with van der Waals surface area (Å²) < 4.78 is 74.0. The number of methoxy groups -OCH3 is 1. The molecule has 0 saturated heterocycles. The number of ether oxygens (including phenoxy) is 2. The van der Waals surface area contributed by atoms with Crippen molar-refractivity contribution in [1.82, 2.24) is 0 Å². The molecule has 7 nitrogen and oxygen atoms in total. The molecule has 0 N–H and O–H groups in total. The van der Waals surface area contributed by atoms with Crippen molar-refractivity contribution in [2.24, 2.45) is 0 Å². The van der Waals surface area contributed by atoms with Crippen LogP contribution in [-0.2, 0) is 22.2 Å². The van der Waals surface area contributed by atoms with E-state index in [0.717, 1.165) is 10.4 Å². The van der Waals surface area contributed by atoms with E-state index >= 15 is 0 Å². The molecular weight excluding hydrogens is 497 g/mol. The summed E-state index contributed by atoms with van der Waals surface area (Å²) in [6.07, 6.45) is -4.71. The summed E-state index contributed by atoms with van der Waals surface area (Å²) in [5.74, 6) is -0.923. The quantitative estimate of drug-likeness (QED) is 0.310. The number of halogens is 4. The van der Waals surface area contributed by atoms with E-state index in [0.29, 0.717) is 6.07 Å². The average molecular weight is 510 g/mol. The van der Waals surface area contributed by atoms with E-state index in [4.69, 9.17) is 16.3 Å². The molecule has 0 amide bonds. The molecule has 0 fully saturated rings. The van der Waals surface area contributed by atoms with Crippen molar-refractivity contribution in [1.29, 1.82) is 5.26 Å². The molecule has 0 radical (unpaired) electrons. The monoisotopic (exact) mass is 509 g/mol. The predicted octanol–water partition coefficient (Wildman–Crippen LogP) is 5.74. The number of carbonyl (C=O) groups excluding carboxylic acids is 1. The molecule has 1 unspecified atom stereocenters. The van der Waals surface area contributed by atoms with Crippen molar-refractivity contribution in [3.05, 3.63) is 82.4 Å². The van der Waals surface area contributed by atoms with Crippen LogP contribution in [0.15, 0.2) is 60.7 Å². The maximum Gasteiger partial charge on any atom is 0.417 e. The van der Waals surface area contributed by atoms with Crippen molar-refractivity contribution < 1.29 is 36.2 Å². The second-order valence-corrected chi connectivity index (χ2v) is 7.79. The summed E-state index contributed by atoms with van der Waals surface area (Å²) in [6.45, 7) is 0. The third kappa shape index (κ3) is 5.48. The maximum absolute atomic E-state index is 13.1. The van der Waals surface area contributed by atoms with Gasteiger partial charge in [0.2, 0.25) is 0 Å². The van der Waals surface area contributed by atoms with Gasteiger partial charge in [-0.25, -0.2) is 4.79 Å². The number of rotatable bonds is 6. The number of esters is 1. The zero-order valence-electron chi connectivity index (χ0n) is 17.1. The van der Waals surface area contributed by atoms with E-state index in [2.05, 4.69) is 4.74 Å². The van der Waals surface area contributed by atoms with Crippen molar-refractivity contribution in [3.63, 3.8) is 0 Å². The second kappa shape index (κ2) is 10.1. The van der Waals surface area contributed by atoms with Crippen LogP contribution >= 0.6 is 11.6 Å². The van der Waals surface area contributed by atoms with Gasteiger partial charge >= 0.3 is 12.1 Å². The fraction of sp³-hybridized carbons (Fsp3) is 0.0909. The number of nitriles is 1. The van der Waals surface area contributed by atoms with E-state index < -0.39 is 34.0 Å². The molecule has 0 heterocycles. The minimum atomic E-state index is -4.71. The third-order valence-electron chi connectivity index (χ3n) is 4.46. The minimum Gasteiger partial charge on any atom is -0.755 e. The normalized spacial score (nSPS) is 11.9. The first kappa shape index (κ1) is 25.0. The topological polar surface area (TPSA) is 103 Å². The third-order valence-corrected chi connectivity index (χ3v) is 5.51. The van der Waals surface area contributed by atoms with Gasteiger partial charge in [-0.3, -0.25) is 8.51 Å². The van der Waals surface area contributed by atoms with Crippen LogP contribution in [0.5, 0.6) is 11.5 Å². The molecule has 1 atom stereocenters. The first-order chi connectivity index (χ1) is 16.0.